The number of hydrogen-bond donors (Lipinski definition) is 2. The van der Waals surface area contributed by atoms with E-state index >= 15 is 0 Å². The lowest BCUT2D eigenvalue weighted by Crippen LogP contribution is -2.41. The van der Waals surface area contributed by atoms with Crippen molar-refractivity contribution in [1.29, 1.82) is 0 Å². The third kappa shape index (κ3) is 2.79. The van der Waals surface area contributed by atoms with Crippen LogP contribution in [0.2, 0.25) is 0 Å². The Morgan fingerprint density at radius 1 is 1.29 bits per heavy atom. The largest absolute Gasteiger partial charge is 0.395 e. The highest BCUT2D eigenvalue weighted by molar-refractivity contribution is 5.49. The van der Waals surface area contributed by atoms with Crippen molar-refractivity contribution >= 4 is 5.69 Å². The second-order valence-corrected chi connectivity index (χ2v) is 4.77. The third-order valence-corrected chi connectivity index (χ3v) is 3.56. The third-order valence-electron chi connectivity index (χ3n) is 3.56. The Kier molecular flexibility index (Phi) is 4.02. The lowest BCUT2D eigenvalue weighted by Gasteiger charge is -2.39. The van der Waals surface area contributed by atoms with Crippen LogP contribution in [0.5, 0.6) is 0 Å². The fraction of sp³-hybridized carbons (Fsp3) is 0.571. The zero-order chi connectivity index (χ0) is 12.3. The summed E-state index contributed by atoms with van der Waals surface area (Å²) in [5.74, 6) is 0. The molecule has 1 aliphatic carbocycles. The van der Waals surface area contributed by atoms with Gasteiger partial charge in [-0.15, -0.1) is 0 Å². The molecule has 1 atom stereocenters. The van der Waals surface area contributed by atoms with Crippen LogP contribution in [-0.2, 0) is 0 Å². The SMILES string of the molecule is C[C@@H](O)c1ccc(N(CCO)C2CCC2)cc1. The Hall–Kier alpha value is -1.06. The summed E-state index contributed by atoms with van der Waals surface area (Å²) in [5, 5.41) is 18.6. The molecular weight excluding hydrogens is 214 g/mol. The number of aliphatic hydroxyl groups is 2. The molecule has 0 spiro atoms. The van der Waals surface area contributed by atoms with Gasteiger partial charge >= 0.3 is 0 Å². The molecule has 0 amide bonds. The van der Waals surface area contributed by atoms with Crippen LogP contribution in [0.25, 0.3) is 0 Å². The fourth-order valence-electron chi connectivity index (χ4n) is 2.27. The Labute approximate surface area is 103 Å². The van der Waals surface area contributed by atoms with Crippen molar-refractivity contribution in [3.05, 3.63) is 29.8 Å². The Morgan fingerprint density at radius 3 is 2.35 bits per heavy atom. The number of hydrogen-bond acceptors (Lipinski definition) is 3. The van der Waals surface area contributed by atoms with Gasteiger partial charge in [-0.25, -0.2) is 0 Å². The highest BCUT2D eigenvalue weighted by Crippen LogP contribution is 2.29. The van der Waals surface area contributed by atoms with Crippen molar-refractivity contribution in [2.75, 3.05) is 18.1 Å². The molecular formula is C14H21NO2. The Bertz CT molecular complexity index is 344. The summed E-state index contributed by atoms with van der Waals surface area (Å²) in [6, 6.07) is 8.58. The van der Waals surface area contributed by atoms with E-state index in [1.807, 2.05) is 24.3 Å². The second-order valence-electron chi connectivity index (χ2n) is 4.77. The molecule has 94 valence electrons. The van der Waals surface area contributed by atoms with Gasteiger partial charge in [0.1, 0.15) is 0 Å². The van der Waals surface area contributed by atoms with Gasteiger partial charge in [0.15, 0.2) is 0 Å². The van der Waals surface area contributed by atoms with Gasteiger partial charge in [0.05, 0.1) is 12.7 Å². The van der Waals surface area contributed by atoms with Gasteiger partial charge in [-0.2, -0.15) is 0 Å². The van der Waals surface area contributed by atoms with E-state index in [4.69, 9.17) is 5.11 Å². The molecule has 17 heavy (non-hydrogen) atoms. The van der Waals surface area contributed by atoms with Gasteiger partial charge < -0.3 is 15.1 Å². The summed E-state index contributed by atoms with van der Waals surface area (Å²) >= 11 is 0. The maximum Gasteiger partial charge on any atom is 0.0761 e. The molecule has 1 aromatic rings. The van der Waals surface area contributed by atoms with E-state index in [0.717, 1.165) is 11.3 Å². The lowest BCUT2D eigenvalue weighted by molar-refractivity contribution is 0.199. The summed E-state index contributed by atoms with van der Waals surface area (Å²) in [4.78, 5) is 2.27. The van der Waals surface area contributed by atoms with Crippen LogP contribution in [0.4, 0.5) is 5.69 Å². The van der Waals surface area contributed by atoms with Crippen molar-refractivity contribution in [2.24, 2.45) is 0 Å². The number of aliphatic hydroxyl groups excluding tert-OH is 2. The van der Waals surface area contributed by atoms with Crippen LogP contribution in [-0.4, -0.2) is 29.4 Å². The summed E-state index contributed by atoms with van der Waals surface area (Å²) in [7, 11) is 0. The van der Waals surface area contributed by atoms with Crippen LogP contribution in [0.1, 0.15) is 37.9 Å². The molecule has 1 fully saturated rings. The molecule has 1 aromatic carbocycles. The van der Waals surface area contributed by atoms with Crippen LogP contribution >= 0.6 is 0 Å². The van der Waals surface area contributed by atoms with Crippen LogP contribution in [0, 0.1) is 0 Å². The predicted octanol–water partition coefficient (Wildman–Crippen LogP) is 2.09. The minimum atomic E-state index is -0.418. The van der Waals surface area contributed by atoms with Crippen molar-refractivity contribution in [3.8, 4) is 0 Å². The zero-order valence-electron chi connectivity index (χ0n) is 10.3. The van der Waals surface area contributed by atoms with Gasteiger partial charge in [-0.3, -0.25) is 0 Å². The van der Waals surface area contributed by atoms with Crippen molar-refractivity contribution in [3.63, 3.8) is 0 Å². The maximum atomic E-state index is 9.47. The highest BCUT2D eigenvalue weighted by Gasteiger charge is 2.24. The monoisotopic (exact) mass is 235 g/mol. The molecule has 1 aliphatic rings. The maximum absolute atomic E-state index is 9.47. The Morgan fingerprint density at radius 2 is 1.94 bits per heavy atom. The van der Waals surface area contributed by atoms with E-state index in [2.05, 4.69) is 4.90 Å². The smallest absolute Gasteiger partial charge is 0.0761 e. The quantitative estimate of drug-likeness (QED) is 0.821. The first kappa shape index (κ1) is 12.4. The molecule has 0 unspecified atom stereocenters. The molecule has 3 nitrogen and oxygen atoms in total. The zero-order valence-corrected chi connectivity index (χ0v) is 10.3. The predicted molar refractivity (Wildman–Crippen MR) is 69.1 cm³/mol. The summed E-state index contributed by atoms with van der Waals surface area (Å²) in [6.45, 7) is 2.65. The van der Waals surface area contributed by atoms with E-state index in [1.54, 1.807) is 6.92 Å². The van der Waals surface area contributed by atoms with Crippen LogP contribution in [0.15, 0.2) is 24.3 Å². The van der Waals surface area contributed by atoms with E-state index in [-0.39, 0.29) is 6.61 Å². The van der Waals surface area contributed by atoms with Gasteiger partial charge in [-0.1, -0.05) is 12.1 Å². The average molecular weight is 235 g/mol. The van der Waals surface area contributed by atoms with Gasteiger partial charge in [0.2, 0.25) is 0 Å². The topological polar surface area (TPSA) is 43.7 Å². The first-order chi connectivity index (χ1) is 8.22. The number of anilines is 1. The van der Waals surface area contributed by atoms with Crippen molar-refractivity contribution in [2.45, 2.75) is 38.3 Å². The summed E-state index contributed by atoms with van der Waals surface area (Å²) in [6.07, 6.45) is 3.31. The van der Waals surface area contributed by atoms with Gasteiger partial charge in [0.25, 0.3) is 0 Å². The summed E-state index contributed by atoms with van der Waals surface area (Å²) in [5.41, 5.74) is 2.08. The molecule has 3 heteroatoms. The first-order valence-electron chi connectivity index (χ1n) is 6.38. The van der Waals surface area contributed by atoms with E-state index in [0.29, 0.717) is 12.6 Å². The van der Waals surface area contributed by atoms with Crippen LogP contribution < -0.4 is 4.90 Å². The fourth-order valence-corrected chi connectivity index (χ4v) is 2.27. The highest BCUT2D eigenvalue weighted by atomic mass is 16.3. The second kappa shape index (κ2) is 5.52. The van der Waals surface area contributed by atoms with Gasteiger partial charge in [0, 0.05) is 18.3 Å². The molecule has 0 heterocycles. The molecule has 0 aromatic heterocycles. The number of nitrogens with zero attached hydrogens (tertiary/aromatic N) is 1. The molecule has 2 rings (SSSR count). The molecule has 0 saturated heterocycles. The first-order valence-corrected chi connectivity index (χ1v) is 6.38. The number of benzene rings is 1. The summed E-state index contributed by atoms with van der Waals surface area (Å²) < 4.78 is 0. The van der Waals surface area contributed by atoms with Crippen molar-refractivity contribution < 1.29 is 10.2 Å². The molecule has 0 bridgehead atoms. The molecule has 2 N–H and O–H groups in total. The van der Waals surface area contributed by atoms with Crippen molar-refractivity contribution in [1.82, 2.24) is 0 Å². The normalized spacial score (nSPS) is 17.6. The minimum absolute atomic E-state index is 0.189. The van der Waals surface area contributed by atoms with Crippen LogP contribution in [0.3, 0.4) is 0 Å². The minimum Gasteiger partial charge on any atom is -0.395 e. The average Bonchev–Trinajstić information content (AvgIpc) is 2.26. The van der Waals surface area contributed by atoms with E-state index in [9.17, 15) is 5.11 Å². The Balaban J connectivity index is 2.11. The number of rotatable bonds is 5. The van der Waals surface area contributed by atoms with E-state index in [1.165, 1.54) is 19.3 Å². The molecule has 0 radical (unpaired) electrons. The lowest BCUT2D eigenvalue weighted by atomic mass is 9.91. The standard InChI is InChI=1S/C14H21NO2/c1-11(17)12-5-7-14(8-6-12)15(9-10-16)13-3-2-4-13/h5-8,11,13,16-17H,2-4,9-10H2,1H3/t11-/m1/s1. The molecule has 1 saturated carbocycles. The van der Waals surface area contributed by atoms with E-state index < -0.39 is 6.10 Å². The van der Waals surface area contributed by atoms with Gasteiger partial charge in [-0.05, 0) is 43.9 Å². The molecule has 0 aliphatic heterocycles.